The molecule has 1 saturated heterocycles. The molecular formula is C25H21FN2O5. The maximum Gasteiger partial charge on any atom is 0.295 e. The molecule has 0 aliphatic carbocycles. The van der Waals surface area contributed by atoms with Crippen LogP contribution in [0.2, 0.25) is 0 Å². The van der Waals surface area contributed by atoms with Crippen LogP contribution in [0.4, 0.5) is 4.39 Å². The number of aliphatic hydroxyl groups is 1. The molecule has 1 fully saturated rings. The average Bonchev–Trinajstić information content (AvgIpc) is 3.08. The van der Waals surface area contributed by atoms with Crippen LogP contribution in [0, 0.1) is 5.82 Å². The van der Waals surface area contributed by atoms with Crippen molar-refractivity contribution in [2.75, 3.05) is 14.2 Å². The van der Waals surface area contributed by atoms with Gasteiger partial charge in [0.1, 0.15) is 23.1 Å². The highest BCUT2D eigenvalue weighted by Gasteiger charge is 2.46. The van der Waals surface area contributed by atoms with Gasteiger partial charge in [0.05, 0.1) is 31.4 Å². The third-order valence-corrected chi connectivity index (χ3v) is 5.44. The fourth-order valence-electron chi connectivity index (χ4n) is 3.89. The molecule has 1 atom stereocenters. The minimum Gasteiger partial charge on any atom is -0.507 e. The molecular weight excluding hydrogens is 427 g/mol. The number of carbonyl (C=O) groups excluding carboxylic acids is 2. The monoisotopic (exact) mass is 448 g/mol. The van der Waals surface area contributed by atoms with E-state index in [1.54, 1.807) is 42.7 Å². The predicted molar refractivity (Wildman–Crippen MR) is 118 cm³/mol. The molecule has 0 bridgehead atoms. The van der Waals surface area contributed by atoms with Gasteiger partial charge in [0.25, 0.3) is 11.7 Å². The van der Waals surface area contributed by atoms with Crippen molar-refractivity contribution in [3.05, 3.63) is 95.1 Å². The number of carbonyl (C=O) groups is 2. The molecule has 7 nitrogen and oxygen atoms in total. The Morgan fingerprint density at radius 3 is 2.58 bits per heavy atom. The van der Waals surface area contributed by atoms with Crippen molar-refractivity contribution in [1.29, 1.82) is 0 Å². The fraction of sp³-hybridized carbons (Fsp3) is 0.160. The van der Waals surface area contributed by atoms with Gasteiger partial charge in [-0.3, -0.25) is 14.6 Å². The molecule has 168 valence electrons. The zero-order valence-corrected chi connectivity index (χ0v) is 18.0. The molecule has 2 heterocycles. The second kappa shape index (κ2) is 9.12. The lowest BCUT2D eigenvalue weighted by atomic mass is 9.94. The van der Waals surface area contributed by atoms with E-state index in [4.69, 9.17) is 9.47 Å². The number of Topliss-reactive ketones (excluding diaryl/α,β-unsaturated/α-hetero) is 1. The van der Waals surface area contributed by atoms with Gasteiger partial charge in [0.2, 0.25) is 0 Å². The number of aromatic nitrogens is 1. The SMILES string of the molecule is COc1ccc(/C(O)=C2\C(=O)C(=O)N(Cc3cccnc3)[C@H]2c2cccc(F)c2)c(OC)c1. The van der Waals surface area contributed by atoms with E-state index in [1.807, 2.05) is 0 Å². The average molecular weight is 448 g/mol. The number of hydrogen-bond donors (Lipinski definition) is 1. The van der Waals surface area contributed by atoms with Gasteiger partial charge in [-0.1, -0.05) is 18.2 Å². The van der Waals surface area contributed by atoms with Crippen LogP contribution >= 0.6 is 0 Å². The second-order valence-electron chi connectivity index (χ2n) is 7.41. The van der Waals surface area contributed by atoms with Gasteiger partial charge in [0, 0.05) is 25.0 Å². The van der Waals surface area contributed by atoms with Crippen LogP contribution in [-0.2, 0) is 16.1 Å². The number of pyridine rings is 1. The molecule has 0 saturated carbocycles. The molecule has 1 N–H and O–H groups in total. The topological polar surface area (TPSA) is 89.0 Å². The summed E-state index contributed by atoms with van der Waals surface area (Å²) in [7, 11) is 2.90. The Labute approximate surface area is 189 Å². The zero-order valence-electron chi connectivity index (χ0n) is 18.0. The van der Waals surface area contributed by atoms with E-state index in [0.717, 1.165) is 0 Å². The number of nitrogens with zero attached hydrogens (tertiary/aromatic N) is 2. The standard InChI is InChI=1S/C25H21FN2O5/c1-32-18-8-9-19(20(12-18)33-2)23(29)21-22(16-6-3-7-17(26)11-16)28(25(31)24(21)30)14-15-5-4-10-27-13-15/h3-13,22,29H,14H2,1-2H3/b23-21+/t22-/m0/s1. The maximum absolute atomic E-state index is 14.1. The first-order valence-electron chi connectivity index (χ1n) is 10.1. The van der Waals surface area contributed by atoms with E-state index in [0.29, 0.717) is 16.9 Å². The number of benzene rings is 2. The van der Waals surface area contributed by atoms with Crippen LogP contribution < -0.4 is 9.47 Å². The number of ether oxygens (including phenoxy) is 2. The van der Waals surface area contributed by atoms with E-state index in [2.05, 4.69) is 4.98 Å². The molecule has 0 spiro atoms. The van der Waals surface area contributed by atoms with E-state index >= 15 is 0 Å². The van der Waals surface area contributed by atoms with Gasteiger partial charge in [-0.15, -0.1) is 0 Å². The number of rotatable bonds is 6. The summed E-state index contributed by atoms with van der Waals surface area (Å²) in [5.74, 6) is -1.88. The van der Waals surface area contributed by atoms with Gasteiger partial charge in [-0.25, -0.2) is 4.39 Å². The van der Waals surface area contributed by atoms with E-state index < -0.39 is 29.3 Å². The first-order chi connectivity index (χ1) is 15.9. The number of methoxy groups -OCH3 is 2. The highest BCUT2D eigenvalue weighted by atomic mass is 19.1. The zero-order chi connectivity index (χ0) is 23.5. The molecule has 1 aliphatic rings. The second-order valence-corrected chi connectivity index (χ2v) is 7.41. The Morgan fingerprint density at radius 1 is 1.09 bits per heavy atom. The summed E-state index contributed by atoms with van der Waals surface area (Å²) in [6.45, 7) is 0.0517. The van der Waals surface area contributed by atoms with Crippen molar-refractivity contribution in [3.63, 3.8) is 0 Å². The quantitative estimate of drug-likeness (QED) is 0.350. The fourth-order valence-corrected chi connectivity index (χ4v) is 3.89. The van der Waals surface area contributed by atoms with Crippen LogP contribution in [0.1, 0.15) is 22.7 Å². The minimum atomic E-state index is -1.01. The molecule has 33 heavy (non-hydrogen) atoms. The van der Waals surface area contributed by atoms with Crippen molar-refractivity contribution in [2.45, 2.75) is 12.6 Å². The maximum atomic E-state index is 14.1. The summed E-state index contributed by atoms with van der Waals surface area (Å²) in [5, 5.41) is 11.2. The van der Waals surface area contributed by atoms with E-state index in [1.165, 1.54) is 43.4 Å². The third-order valence-electron chi connectivity index (χ3n) is 5.44. The molecule has 1 aromatic heterocycles. The number of hydrogen-bond acceptors (Lipinski definition) is 6. The highest BCUT2D eigenvalue weighted by molar-refractivity contribution is 6.46. The number of likely N-dealkylation sites (tertiary alicyclic amines) is 1. The lowest BCUT2D eigenvalue weighted by Crippen LogP contribution is -2.29. The van der Waals surface area contributed by atoms with Crippen molar-refractivity contribution in [2.24, 2.45) is 0 Å². The lowest BCUT2D eigenvalue weighted by molar-refractivity contribution is -0.140. The number of amides is 1. The molecule has 2 aromatic carbocycles. The Hall–Kier alpha value is -4.20. The van der Waals surface area contributed by atoms with Crippen molar-refractivity contribution in [1.82, 2.24) is 9.88 Å². The molecule has 1 amide bonds. The molecule has 1 aliphatic heterocycles. The third kappa shape index (κ3) is 4.15. The number of aliphatic hydroxyl groups excluding tert-OH is 1. The number of ketones is 1. The van der Waals surface area contributed by atoms with Gasteiger partial charge >= 0.3 is 0 Å². The normalized spacial score (nSPS) is 17.3. The molecule has 8 heteroatoms. The summed E-state index contributed by atoms with van der Waals surface area (Å²) < 4.78 is 24.7. The van der Waals surface area contributed by atoms with Crippen molar-refractivity contribution in [3.8, 4) is 11.5 Å². The Kier molecular flexibility index (Phi) is 6.08. The van der Waals surface area contributed by atoms with Crippen LogP contribution in [0.25, 0.3) is 5.76 Å². The molecule has 0 radical (unpaired) electrons. The number of halogens is 1. The first-order valence-corrected chi connectivity index (χ1v) is 10.1. The van der Waals surface area contributed by atoms with Crippen LogP contribution in [0.5, 0.6) is 11.5 Å². The Morgan fingerprint density at radius 2 is 1.91 bits per heavy atom. The smallest absolute Gasteiger partial charge is 0.295 e. The Balaban J connectivity index is 1.90. The summed E-state index contributed by atoms with van der Waals surface area (Å²) in [6.07, 6.45) is 3.17. The largest absolute Gasteiger partial charge is 0.507 e. The van der Waals surface area contributed by atoms with Crippen LogP contribution in [0.3, 0.4) is 0 Å². The lowest BCUT2D eigenvalue weighted by Gasteiger charge is -2.25. The molecule has 0 unspecified atom stereocenters. The predicted octanol–water partition coefficient (Wildman–Crippen LogP) is 3.86. The van der Waals surface area contributed by atoms with E-state index in [9.17, 15) is 19.1 Å². The van der Waals surface area contributed by atoms with Gasteiger partial charge in [-0.2, -0.15) is 0 Å². The highest BCUT2D eigenvalue weighted by Crippen LogP contribution is 2.42. The summed E-state index contributed by atoms with van der Waals surface area (Å²) in [5.41, 5.74) is 1.09. The van der Waals surface area contributed by atoms with Crippen molar-refractivity contribution < 1.29 is 28.6 Å². The van der Waals surface area contributed by atoms with E-state index in [-0.39, 0.29) is 23.4 Å². The van der Waals surface area contributed by atoms with Crippen LogP contribution in [0.15, 0.2) is 72.6 Å². The summed E-state index contributed by atoms with van der Waals surface area (Å²) >= 11 is 0. The van der Waals surface area contributed by atoms with Gasteiger partial charge in [0.15, 0.2) is 0 Å². The minimum absolute atomic E-state index is 0.0517. The van der Waals surface area contributed by atoms with Gasteiger partial charge < -0.3 is 19.5 Å². The molecule has 3 aromatic rings. The first kappa shape index (κ1) is 22.0. The van der Waals surface area contributed by atoms with Gasteiger partial charge in [-0.05, 0) is 41.5 Å². The van der Waals surface area contributed by atoms with Crippen molar-refractivity contribution >= 4 is 17.4 Å². The summed E-state index contributed by atoms with van der Waals surface area (Å²) in [6, 6.07) is 12.8. The Bertz CT molecular complexity index is 1240. The van der Waals surface area contributed by atoms with Crippen LogP contribution in [-0.4, -0.2) is 40.9 Å². The molecule has 4 rings (SSSR count). The summed E-state index contributed by atoms with van der Waals surface area (Å²) in [4.78, 5) is 31.5.